The highest BCUT2D eigenvalue weighted by atomic mass is 19.2. The maximum absolute atomic E-state index is 14.5. The Hall–Kier alpha value is -1.32. The van der Waals surface area contributed by atoms with Crippen LogP contribution in [0.15, 0.2) is 12.1 Å². The largest absolute Gasteiger partial charge is 0.490 e. The van der Waals surface area contributed by atoms with E-state index in [0.29, 0.717) is 25.0 Å². The van der Waals surface area contributed by atoms with Gasteiger partial charge in [0.15, 0.2) is 11.5 Å². The van der Waals surface area contributed by atoms with Crippen LogP contribution in [-0.2, 0) is 0 Å². The second-order valence-electron chi connectivity index (χ2n) is 10.8. The quantitative estimate of drug-likeness (QED) is 0.378. The molecule has 1 aromatic carbocycles. The fraction of sp³-hybridized carbons (Fsp3) is 0.786. The summed E-state index contributed by atoms with van der Waals surface area (Å²) >= 11 is 0. The molecule has 180 valence electrons. The predicted molar refractivity (Wildman–Crippen MR) is 125 cm³/mol. The summed E-state index contributed by atoms with van der Waals surface area (Å²) in [6.07, 6.45) is 17.9. The number of halogens is 2. The van der Waals surface area contributed by atoms with Gasteiger partial charge in [0, 0.05) is 0 Å². The second kappa shape index (κ2) is 11.7. The van der Waals surface area contributed by atoms with Crippen molar-refractivity contribution in [2.45, 2.75) is 96.8 Å². The Labute approximate surface area is 193 Å². The molecule has 3 aliphatic rings. The van der Waals surface area contributed by atoms with Crippen molar-refractivity contribution in [3.8, 4) is 11.5 Å². The molecule has 0 radical (unpaired) electrons. The van der Waals surface area contributed by atoms with Crippen molar-refractivity contribution in [2.24, 2.45) is 29.6 Å². The first kappa shape index (κ1) is 23.8. The summed E-state index contributed by atoms with van der Waals surface area (Å²) < 4.78 is 40.3. The lowest BCUT2D eigenvalue weighted by Gasteiger charge is -2.37. The first-order chi connectivity index (χ1) is 15.6. The molecule has 0 N–H and O–H groups in total. The van der Waals surface area contributed by atoms with Gasteiger partial charge in [0.05, 0.1) is 13.2 Å². The Morgan fingerprint density at radius 1 is 0.656 bits per heavy atom. The van der Waals surface area contributed by atoms with E-state index in [1.807, 2.05) is 0 Å². The summed E-state index contributed by atoms with van der Waals surface area (Å²) in [5, 5.41) is 0. The summed E-state index contributed by atoms with van der Waals surface area (Å²) in [5.41, 5.74) is 0. The third-order valence-corrected chi connectivity index (χ3v) is 8.58. The molecule has 3 fully saturated rings. The van der Waals surface area contributed by atoms with Crippen LogP contribution >= 0.6 is 0 Å². The van der Waals surface area contributed by atoms with Gasteiger partial charge in [-0.05, 0) is 93.1 Å². The van der Waals surface area contributed by atoms with Crippen molar-refractivity contribution in [3.63, 3.8) is 0 Å². The highest BCUT2D eigenvalue weighted by molar-refractivity contribution is 5.35. The van der Waals surface area contributed by atoms with Crippen molar-refractivity contribution in [2.75, 3.05) is 13.2 Å². The SMILES string of the molecule is CCCC1CCC(C2CCC(COc3ccc(OCC4CCCC4)c(F)c3F)CC2)CC1. The topological polar surface area (TPSA) is 18.5 Å². The number of ether oxygens (including phenoxy) is 2. The molecule has 4 rings (SSSR count). The minimum Gasteiger partial charge on any atom is -0.490 e. The molecule has 0 amide bonds. The molecule has 1 aromatic rings. The molecule has 3 saturated carbocycles. The lowest BCUT2D eigenvalue weighted by atomic mass is 9.69. The van der Waals surface area contributed by atoms with Crippen molar-refractivity contribution in [1.29, 1.82) is 0 Å². The molecule has 0 spiro atoms. The van der Waals surface area contributed by atoms with Crippen molar-refractivity contribution in [3.05, 3.63) is 23.8 Å². The molecule has 4 heteroatoms. The summed E-state index contributed by atoms with van der Waals surface area (Å²) in [6, 6.07) is 3.05. The average Bonchev–Trinajstić information content (AvgIpc) is 3.34. The van der Waals surface area contributed by atoms with E-state index in [4.69, 9.17) is 9.47 Å². The third kappa shape index (κ3) is 6.17. The van der Waals surface area contributed by atoms with E-state index >= 15 is 0 Å². The Morgan fingerprint density at radius 3 is 1.56 bits per heavy atom. The van der Waals surface area contributed by atoms with Crippen LogP contribution in [0.4, 0.5) is 8.78 Å². The van der Waals surface area contributed by atoms with E-state index in [0.717, 1.165) is 43.4 Å². The first-order valence-electron chi connectivity index (χ1n) is 13.4. The molecular formula is C28H42F2O2. The van der Waals surface area contributed by atoms with E-state index < -0.39 is 11.6 Å². The molecule has 0 heterocycles. The highest BCUT2D eigenvalue weighted by Gasteiger charge is 2.31. The lowest BCUT2D eigenvalue weighted by Crippen LogP contribution is -2.27. The summed E-state index contributed by atoms with van der Waals surface area (Å²) in [5.74, 6) is 1.86. The molecule has 0 aliphatic heterocycles. The summed E-state index contributed by atoms with van der Waals surface area (Å²) in [6.45, 7) is 3.25. The fourth-order valence-corrected chi connectivity index (χ4v) is 6.51. The van der Waals surface area contributed by atoms with Gasteiger partial charge in [0.1, 0.15) is 0 Å². The third-order valence-electron chi connectivity index (χ3n) is 8.58. The van der Waals surface area contributed by atoms with Gasteiger partial charge in [-0.15, -0.1) is 0 Å². The van der Waals surface area contributed by atoms with Crippen molar-refractivity contribution in [1.82, 2.24) is 0 Å². The predicted octanol–water partition coefficient (Wildman–Crippen LogP) is 8.33. The van der Waals surface area contributed by atoms with Gasteiger partial charge in [0.25, 0.3) is 0 Å². The van der Waals surface area contributed by atoms with Crippen molar-refractivity contribution >= 4 is 0 Å². The van der Waals surface area contributed by atoms with Gasteiger partial charge < -0.3 is 9.47 Å². The van der Waals surface area contributed by atoms with E-state index in [2.05, 4.69) is 6.92 Å². The fourth-order valence-electron chi connectivity index (χ4n) is 6.51. The van der Waals surface area contributed by atoms with Gasteiger partial charge in [0.2, 0.25) is 11.6 Å². The molecule has 0 aromatic heterocycles. The number of hydrogen-bond donors (Lipinski definition) is 0. The van der Waals surface area contributed by atoms with Crippen LogP contribution in [0.2, 0.25) is 0 Å². The minimum absolute atomic E-state index is 0.0101. The van der Waals surface area contributed by atoms with E-state index in [1.165, 1.54) is 76.3 Å². The molecule has 2 nitrogen and oxygen atoms in total. The Morgan fingerprint density at radius 2 is 1.09 bits per heavy atom. The Balaban J connectivity index is 1.19. The van der Waals surface area contributed by atoms with E-state index in [1.54, 1.807) is 0 Å². The van der Waals surface area contributed by atoms with Gasteiger partial charge in [-0.1, -0.05) is 45.4 Å². The maximum Gasteiger partial charge on any atom is 0.204 e. The first-order valence-corrected chi connectivity index (χ1v) is 13.4. The Kier molecular flexibility index (Phi) is 8.71. The molecule has 0 unspecified atom stereocenters. The maximum atomic E-state index is 14.5. The van der Waals surface area contributed by atoms with Gasteiger partial charge in [-0.2, -0.15) is 8.78 Å². The Bertz CT molecular complexity index is 700. The monoisotopic (exact) mass is 448 g/mol. The molecule has 0 bridgehead atoms. The van der Waals surface area contributed by atoms with Crippen LogP contribution in [0.1, 0.15) is 96.8 Å². The van der Waals surface area contributed by atoms with Gasteiger partial charge >= 0.3 is 0 Å². The molecule has 32 heavy (non-hydrogen) atoms. The molecule has 3 aliphatic carbocycles. The van der Waals surface area contributed by atoms with Crippen LogP contribution in [0, 0.1) is 41.2 Å². The van der Waals surface area contributed by atoms with Crippen LogP contribution in [0.5, 0.6) is 11.5 Å². The number of rotatable bonds is 9. The zero-order valence-corrected chi connectivity index (χ0v) is 19.9. The smallest absolute Gasteiger partial charge is 0.204 e. The van der Waals surface area contributed by atoms with E-state index in [9.17, 15) is 8.78 Å². The molecule has 0 atom stereocenters. The summed E-state index contributed by atoms with van der Waals surface area (Å²) in [7, 11) is 0. The lowest BCUT2D eigenvalue weighted by molar-refractivity contribution is 0.120. The van der Waals surface area contributed by atoms with Crippen LogP contribution in [-0.4, -0.2) is 13.2 Å². The average molecular weight is 449 g/mol. The van der Waals surface area contributed by atoms with Crippen LogP contribution in [0.3, 0.4) is 0 Å². The summed E-state index contributed by atoms with van der Waals surface area (Å²) in [4.78, 5) is 0. The normalized spacial score (nSPS) is 29.2. The zero-order valence-electron chi connectivity index (χ0n) is 19.9. The molecular weight excluding hydrogens is 406 g/mol. The molecule has 0 saturated heterocycles. The standard InChI is InChI=1S/C28H42F2O2/c1-2-5-20-8-12-23(13-9-20)24-14-10-22(11-15-24)19-32-26-17-16-25(27(29)28(26)30)31-18-21-6-3-4-7-21/h16-17,20-24H,2-15,18-19H2,1H3. The van der Waals surface area contributed by atoms with Gasteiger partial charge in [-0.25, -0.2) is 0 Å². The minimum atomic E-state index is -0.914. The second-order valence-corrected chi connectivity index (χ2v) is 10.8. The van der Waals surface area contributed by atoms with Gasteiger partial charge in [-0.3, -0.25) is 0 Å². The zero-order chi connectivity index (χ0) is 22.3. The number of hydrogen-bond acceptors (Lipinski definition) is 2. The highest BCUT2D eigenvalue weighted by Crippen LogP contribution is 2.42. The van der Waals surface area contributed by atoms with Crippen LogP contribution in [0.25, 0.3) is 0 Å². The van der Waals surface area contributed by atoms with Crippen molar-refractivity contribution < 1.29 is 18.3 Å². The van der Waals surface area contributed by atoms with E-state index in [-0.39, 0.29) is 11.5 Å². The number of benzene rings is 1. The van der Waals surface area contributed by atoms with Crippen LogP contribution < -0.4 is 9.47 Å².